The fourth-order valence-electron chi connectivity index (χ4n) is 5.28. The van der Waals surface area contributed by atoms with Gasteiger partial charge in [0, 0.05) is 30.8 Å². The maximum Gasteiger partial charge on any atom is 0.135 e. The molecule has 1 saturated heterocycles. The molecule has 158 valence electrons. The van der Waals surface area contributed by atoms with Gasteiger partial charge in [-0.2, -0.15) is 5.26 Å². The third kappa shape index (κ3) is 3.64. The molecule has 5 heteroatoms. The zero-order valence-corrected chi connectivity index (χ0v) is 18.5. The molecule has 2 heterocycles. The number of benzene rings is 1. The highest BCUT2D eigenvalue weighted by Crippen LogP contribution is 2.43. The molecule has 2 aliphatic rings. The van der Waals surface area contributed by atoms with Gasteiger partial charge in [0.05, 0.1) is 11.3 Å². The molecule has 30 heavy (non-hydrogen) atoms. The molecule has 2 N–H and O–H groups in total. The number of nitrogen functional groups attached to an aromatic ring is 1. The van der Waals surface area contributed by atoms with Crippen LogP contribution in [0.2, 0.25) is 0 Å². The summed E-state index contributed by atoms with van der Waals surface area (Å²) in [6.07, 6.45) is 7.32. The highest BCUT2D eigenvalue weighted by molar-refractivity contribution is 5.63. The first-order valence-corrected chi connectivity index (χ1v) is 11.5. The minimum atomic E-state index is 0.283. The molecular formula is C25H33N5. The van der Waals surface area contributed by atoms with Gasteiger partial charge in [-0.3, -0.25) is 0 Å². The zero-order chi connectivity index (χ0) is 21.3. The van der Waals surface area contributed by atoms with E-state index in [1.807, 2.05) is 6.07 Å². The molecule has 4 rings (SSSR count). The smallest absolute Gasteiger partial charge is 0.135 e. The first-order valence-electron chi connectivity index (χ1n) is 11.5. The molecule has 0 spiro atoms. The minimum absolute atomic E-state index is 0.283. The molecule has 1 aromatic carbocycles. The van der Waals surface area contributed by atoms with E-state index in [0.29, 0.717) is 17.2 Å². The summed E-state index contributed by atoms with van der Waals surface area (Å²) in [4.78, 5) is 12.4. The molecule has 1 aliphatic carbocycles. The SMILES string of the molecule is CCc1nc(CC2CCC(C)c3ccc(N)c(C#N)c32)c(CC)c(N2CCCC2)n1. The van der Waals surface area contributed by atoms with Crippen molar-refractivity contribution < 1.29 is 0 Å². The van der Waals surface area contributed by atoms with Gasteiger partial charge in [0.2, 0.25) is 0 Å². The van der Waals surface area contributed by atoms with Crippen LogP contribution in [-0.4, -0.2) is 23.1 Å². The number of nitrogens with two attached hydrogens (primary N) is 1. The van der Waals surface area contributed by atoms with E-state index in [-0.39, 0.29) is 5.92 Å². The van der Waals surface area contributed by atoms with Crippen LogP contribution in [-0.2, 0) is 19.3 Å². The van der Waals surface area contributed by atoms with Gasteiger partial charge >= 0.3 is 0 Å². The summed E-state index contributed by atoms with van der Waals surface area (Å²) in [5.74, 6) is 2.83. The number of hydrogen-bond acceptors (Lipinski definition) is 5. The van der Waals surface area contributed by atoms with E-state index in [0.717, 1.165) is 62.4 Å². The highest BCUT2D eigenvalue weighted by Gasteiger charge is 2.30. The predicted molar refractivity (Wildman–Crippen MR) is 122 cm³/mol. The average molecular weight is 404 g/mol. The molecule has 0 saturated carbocycles. The van der Waals surface area contributed by atoms with E-state index < -0.39 is 0 Å². The summed E-state index contributed by atoms with van der Waals surface area (Å²) in [5.41, 5.74) is 12.4. The van der Waals surface area contributed by atoms with E-state index in [2.05, 4.69) is 37.8 Å². The quantitative estimate of drug-likeness (QED) is 0.720. The monoisotopic (exact) mass is 403 g/mol. The standard InChI is InChI=1S/C25H33N5/c1-4-18-22(28-23(5-2)29-25(18)30-12-6-7-13-30)14-17-9-8-16(3)19-10-11-21(27)20(15-26)24(17)19/h10-11,16-17H,4-9,12-14,27H2,1-3H3. The van der Waals surface area contributed by atoms with E-state index in [1.165, 1.54) is 29.7 Å². The number of nitrogens with zero attached hydrogens (tertiary/aromatic N) is 4. The van der Waals surface area contributed by atoms with Crippen LogP contribution in [0.1, 0.15) is 92.1 Å². The lowest BCUT2D eigenvalue weighted by atomic mass is 9.73. The molecular weight excluding hydrogens is 370 g/mol. The van der Waals surface area contributed by atoms with Gasteiger partial charge in [-0.15, -0.1) is 0 Å². The lowest BCUT2D eigenvalue weighted by Crippen LogP contribution is -2.24. The lowest BCUT2D eigenvalue weighted by molar-refractivity contribution is 0.494. The van der Waals surface area contributed by atoms with Crippen molar-refractivity contribution in [2.75, 3.05) is 23.7 Å². The number of fused-ring (bicyclic) bond motifs is 1. The number of aryl methyl sites for hydroxylation is 1. The molecule has 2 aromatic rings. The minimum Gasteiger partial charge on any atom is -0.398 e. The topological polar surface area (TPSA) is 78.8 Å². The Morgan fingerprint density at radius 1 is 1.13 bits per heavy atom. The Hall–Kier alpha value is -2.61. The zero-order valence-electron chi connectivity index (χ0n) is 18.5. The van der Waals surface area contributed by atoms with Crippen molar-refractivity contribution in [2.45, 2.75) is 77.6 Å². The molecule has 0 amide bonds. The van der Waals surface area contributed by atoms with Crippen LogP contribution in [0.15, 0.2) is 12.1 Å². The van der Waals surface area contributed by atoms with Gasteiger partial charge in [0.1, 0.15) is 17.7 Å². The highest BCUT2D eigenvalue weighted by atomic mass is 15.2. The van der Waals surface area contributed by atoms with Crippen molar-refractivity contribution in [3.63, 3.8) is 0 Å². The summed E-state index contributed by atoms with van der Waals surface area (Å²) >= 11 is 0. The fourth-order valence-corrected chi connectivity index (χ4v) is 5.28. The van der Waals surface area contributed by atoms with Crippen molar-refractivity contribution >= 4 is 11.5 Å². The molecule has 2 atom stereocenters. The van der Waals surface area contributed by atoms with Gasteiger partial charge in [-0.25, -0.2) is 9.97 Å². The molecule has 0 bridgehead atoms. The second-order valence-corrected chi connectivity index (χ2v) is 8.81. The van der Waals surface area contributed by atoms with Crippen LogP contribution in [0.25, 0.3) is 0 Å². The van der Waals surface area contributed by atoms with Crippen LogP contribution in [0, 0.1) is 11.3 Å². The second kappa shape index (κ2) is 8.63. The Morgan fingerprint density at radius 3 is 2.57 bits per heavy atom. The first-order chi connectivity index (χ1) is 14.6. The predicted octanol–water partition coefficient (Wildman–Crippen LogP) is 4.88. The lowest BCUT2D eigenvalue weighted by Gasteiger charge is -2.32. The fraction of sp³-hybridized carbons (Fsp3) is 0.560. The number of hydrogen-bond donors (Lipinski definition) is 1. The van der Waals surface area contributed by atoms with Gasteiger partial charge in [-0.1, -0.05) is 26.8 Å². The third-order valence-electron chi connectivity index (χ3n) is 6.94. The summed E-state index contributed by atoms with van der Waals surface area (Å²) < 4.78 is 0. The normalized spacial score (nSPS) is 20.8. The van der Waals surface area contributed by atoms with Gasteiger partial charge in [0.15, 0.2) is 0 Å². The molecule has 2 unspecified atom stereocenters. The van der Waals surface area contributed by atoms with E-state index >= 15 is 0 Å². The Labute approximate surface area is 180 Å². The first kappa shape index (κ1) is 20.7. The average Bonchev–Trinajstić information content (AvgIpc) is 3.29. The van der Waals surface area contributed by atoms with Gasteiger partial charge in [-0.05, 0) is 67.6 Å². The molecule has 0 radical (unpaired) electrons. The summed E-state index contributed by atoms with van der Waals surface area (Å²) in [6, 6.07) is 6.44. The summed E-state index contributed by atoms with van der Waals surface area (Å²) in [6.45, 7) is 8.78. The number of rotatable bonds is 5. The Morgan fingerprint density at radius 2 is 1.90 bits per heavy atom. The maximum atomic E-state index is 9.85. The van der Waals surface area contributed by atoms with Crippen molar-refractivity contribution in [3.05, 3.63) is 45.9 Å². The van der Waals surface area contributed by atoms with Crippen molar-refractivity contribution in [1.82, 2.24) is 9.97 Å². The van der Waals surface area contributed by atoms with E-state index in [1.54, 1.807) is 0 Å². The van der Waals surface area contributed by atoms with E-state index in [4.69, 9.17) is 15.7 Å². The third-order valence-corrected chi connectivity index (χ3v) is 6.94. The van der Waals surface area contributed by atoms with Crippen LogP contribution in [0.5, 0.6) is 0 Å². The van der Waals surface area contributed by atoms with Crippen LogP contribution in [0.4, 0.5) is 11.5 Å². The Bertz CT molecular complexity index is 968. The summed E-state index contributed by atoms with van der Waals surface area (Å²) in [7, 11) is 0. The maximum absolute atomic E-state index is 9.85. The number of aromatic nitrogens is 2. The van der Waals surface area contributed by atoms with Gasteiger partial charge in [0.25, 0.3) is 0 Å². The van der Waals surface area contributed by atoms with Crippen molar-refractivity contribution in [3.8, 4) is 6.07 Å². The summed E-state index contributed by atoms with van der Waals surface area (Å²) in [5, 5.41) is 9.85. The van der Waals surface area contributed by atoms with E-state index in [9.17, 15) is 5.26 Å². The Kier molecular flexibility index (Phi) is 5.94. The second-order valence-electron chi connectivity index (χ2n) is 8.81. The molecule has 1 aromatic heterocycles. The Balaban J connectivity index is 1.79. The molecule has 1 aliphatic heterocycles. The number of nitriles is 1. The largest absolute Gasteiger partial charge is 0.398 e. The van der Waals surface area contributed by atoms with Crippen LogP contribution >= 0.6 is 0 Å². The molecule has 1 fully saturated rings. The van der Waals surface area contributed by atoms with Crippen molar-refractivity contribution in [1.29, 1.82) is 5.26 Å². The van der Waals surface area contributed by atoms with Crippen molar-refractivity contribution in [2.24, 2.45) is 0 Å². The van der Waals surface area contributed by atoms with Crippen LogP contribution < -0.4 is 10.6 Å². The molecule has 5 nitrogen and oxygen atoms in total. The van der Waals surface area contributed by atoms with Gasteiger partial charge < -0.3 is 10.6 Å². The van der Waals surface area contributed by atoms with Crippen LogP contribution in [0.3, 0.4) is 0 Å². The number of anilines is 2.